The monoisotopic (exact) mass is 533 g/mol. The highest BCUT2D eigenvalue weighted by Gasteiger charge is 2.27. The van der Waals surface area contributed by atoms with Crippen LogP contribution in [0.15, 0.2) is 53.6 Å². The Morgan fingerprint density at radius 2 is 1.86 bits per heavy atom. The Morgan fingerprint density at radius 3 is 2.51 bits per heavy atom. The van der Waals surface area contributed by atoms with Crippen molar-refractivity contribution < 1.29 is 29.9 Å². The molecule has 3 rings (SSSR count). The molecule has 37 heavy (non-hydrogen) atoms. The second-order valence-electron chi connectivity index (χ2n) is 9.70. The highest BCUT2D eigenvalue weighted by molar-refractivity contribution is 7.90. The minimum absolute atomic E-state index is 0. The van der Waals surface area contributed by atoms with Gasteiger partial charge in [0.05, 0.1) is 12.3 Å². The molecule has 1 N–H and O–H groups in total. The Labute approximate surface area is 220 Å². The van der Waals surface area contributed by atoms with Gasteiger partial charge >= 0.3 is 0 Å². The van der Waals surface area contributed by atoms with E-state index in [1.54, 1.807) is 19.1 Å². The van der Waals surface area contributed by atoms with Crippen molar-refractivity contribution in [3.8, 4) is 22.9 Å². The van der Waals surface area contributed by atoms with Crippen LogP contribution in [0.25, 0.3) is 11.3 Å². The van der Waals surface area contributed by atoms with Crippen LogP contribution in [0.4, 0.5) is 4.39 Å². The number of hydrogen-bond acceptors (Lipinski definition) is 7. The van der Waals surface area contributed by atoms with Gasteiger partial charge in [-0.05, 0) is 69.5 Å². The van der Waals surface area contributed by atoms with Gasteiger partial charge in [-0.2, -0.15) is 8.42 Å². The van der Waals surface area contributed by atoms with Gasteiger partial charge in [-0.25, -0.2) is 19.1 Å². The first kappa shape index (κ1) is 28.0. The maximum Gasteiger partial charge on any atom is 0.281 e. The number of aromatic nitrogens is 2. The predicted octanol–water partition coefficient (Wildman–Crippen LogP) is 5.80. The van der Waals surface area contributed by atoms with Gasteiger partial charge in [0.2, 0.25) is 5.88 Å². The van der Waals surface area contributed by atoms with Gasteiger partial charge in [-0.1, -0.05) is 26.8 Å². The van der Waals surface area contributed by atoms with Crippen LogP contribution in [0, 0.1) is 18.7 Å². The number of amides is 1. The molecule has 2 aromatic heterocycles. The van der Waals surface area contributed by atoms with E-state index < -0.39 is 27.3 Å². The van der Waals surface area contributed by atoms with Crippen molar-refractivity contribution in [1.82, 2.24) is 14.7 Å². The molecule has 0 unspecified atom stereocenters. The number of hydrogen-bond donors (Lipinski definition) is 1. The Hall–Kier alpha value is -3.53. The zero-order chi connectivity index (χ0) is 27.4. The molecule has 0 saturated heterocycles. The second-order valence-corrected chi connectivity index (χ2v) is 11.3. The minimum Gasteiger partial charge on any atom is -0.493 e. The Morgan fingerprint density at radius 1 is 1.14 bits per heavy atom. The summed E-state index contributed by atoms with van der Waals surface area (Å²) in [6, 6.07) is 11.6. The largest absolute Gasteiger partial charge is 0.493 e. The zero-order valence-electron chi connectivity index (χ0n) is 21.8. The molecule has 0 saturated carbocycles. The van der Waals surface area contributed by atoms with Gasteiger partial charge in [-0.3, -0.25) is 4.79 Å². The lowest BCUT2D eigenvalue weighted by atomic mass is 10.1. The number of nitrogens with one attached hydrogen (secondary N) is 1. The fourth-order valence-electron chi connectivity index (χ4n) is 3.14. The second kappa shape index (κ2) is 11.2. The van der Waals surface area contributed by atoms with Gasteiger partial charge in [0.1, 0.15) is 22.7 Å². The first-order chi connectivity index (χ1) is 17.3. The van der Waals surface area contributed by atoms with Crippen LogP contribution in [0.5, 0.6) is 11.6 Å². The molecule has 2 heterocycles. The van der Waals surface area contributed by atoms with Gasteiger partial charge in [0.15, 0.2) is 5.03 Å². The normalized spacial score (nSPS) is 11.9. The molecule has 0 bridgehead atoms. The van der Waals surface area contributed by atoms with Crippen LogP contribution < -0.4 is 14.2 Å². The zero-order valence-corrected chi connectivity index (χ0v) is 22.6. The average Bonchev–Trinajstić information content (AvgIpc) is 2.82. The topological polar surface area (TPSA) is 107 Å². The van der Waals surface area contributed by atoms with Crippen molar-refractivity contribution >= 4 is 15.9 Å². The number of nitrogens with zero attached hydrogens (tertiary/aromatic N) is 2. The summed E-state index contributed by atoms with van der Waals surface area (Å²) in [5.74, 6) is -0.911. The quantitative estimate of drug-likeness (QED) is 0.351. The molecule has 0 aliphatic heterocycles. The third-order valence-corrected chi connectivity index (χ3v) is 6.68. The lowest BCUT2D eigenvalue weighted by Crippen LogP contribution is -2.33. The first-order valence-corrected chi connectivity index (χ1v) is 13.4. The van der Waals surface area contributed by atoms with E-state index >= 15 is 0 Å². The number of benzene rings is 1. The van der Waals surface area contributed by atoms with Gasteiger partial charge in [0, 0.05) is 20.2 Å². The van der Waals surface area contributed by atoms with Crippen molar-refractivity contribution in [2.45, 2.75) is 58.6 Å². The van der Waals surface area contributed by atoms with E-state index in [0.29, 0.717) is 35.7 Å². The number of halogens is 1. The number of carbonyl (C=O) groups is 1. The summed E-state index contributed by atoms with van der Waals surface area (Å²) in [6.07, 6.45) is 0.582. The standard InChI is InChI=1S/C27H32FN3O5S.2H2/c1-7-27(5,6)36-26-22(25(32)31-37(33,34)24-10-8-9-18(4)29-24)11-12-23(30-26)19-13-20(28)15-21(14-19)35-16-17(2)3;;/h8-15,17H,7,16H2,1-6H3,(H,31,32);2*1H. The van der Waals surface area contributed by atoms with Crippen molar-refractivity contribution in [2.24, 2.45) is 5.92 Å². The van der Waals surface area contributed by atoms with Crippen LogP contribution in [0.3, 0.4) is 0 Å². The van der Waals surface area contributed by atoms with E-state index in [0.717, 1.165) is 0 Å². The molecular weight excluding hydrogens is 497 g/mol. The van der Waals surface area contributed by atoms with Gasteiger partial charge < -0.3 is 9.47 Å². The van der Waals surface area contributed by atoms with E-state index in [1.165, 1.54) is 36.4 Å². The number of carbonyl (C=O) groups excluding carboxylic acids is 1. The van der Waals surface area contributed by atoms with Crippen LogP contribution in [-0.4, -0.2) is 36.5 Å². The van der Waals surface area contributed by atoms with Crippen molar-refractivity contribution in [3.63, 3.8) is 0 Å². The molecule has 0 radical (unpaired) electrons. The molecule has 3 aromatic rings. The fraction of sp³-hybridized carbons (Fsp3) is 0.370. The number of aryl methyl sites for hydroxylation is 1. The summed E-state index contributed by atoms with van der Waals surface area (Å²) >= 11 is 0. The SMILES string of the molecule is CCC(C)(C)Oc1nc(-c2cc(F)cc(OCC(C)C)c2)ccc1C(=O)NS(=O)(=O)c1cccc(C)n1.[HH].[HH]. The predicted molar refractivity (Wildman–Crippen MR) is 143 cm³/mol. The summed E-state index contributed by atoms with van der Waals surface area (Å²) in [6.45, 7) is 11.6. The lowest BCUT2D eigenvalue weighted by molar-refractivity contribution is 0.0897. The van der Waals surface area contributed by atoms with E-state index in [1.807, 2.05) is 39.3 Å². The van der Waals surface area contributed by atoms with Crippen LogP contribution in [0.1, 0.15) is 59.9 Å². The number of pyridine rings is 2. The number of sulfonamides is 1. The van der Waals surface area contributed by atoms with Crippen molar-refractivity contribution in [3.05, 3.63) is 65.6 Å². The summed E-state index contributed by atoms with van der Waals surface area (Å²) in [5.41, 5.74) is 0.429. The molecule has 0 fully saturated rings. The number of rotatable bonds is 10. The summed E-state index contributed by atoms with van der Waals surface area (Å²) in [4.78, 5) is 21.6. The minimum atomic E-state index is -4.24. The van der Waals surface area contributed by atoms with Crippen LogP contribution >= 0.6 is 0 Å². The third-order valence-electron chi connectivity index (χ3n) is 5.44. The number of ether oxygens (including phenoxy) is 2. The molecule has 1 amide bonds. The lowest BCUT2D eigenvalue weighted by Gasteiger charge is -2.25. The van der Waals surface area contributed by atoms with E-state index in [9.17, 15) is 17.6 Å². The smallest absolute Gasteiger partial charge is 0.281 e. The molecule has 0 aliphatic carbocycles. The highest BCUT2D eigenvalue weighted by Crippen LogP contribution is 2.30. The third kappa shape index (κ3) is 7.48. The molecular formula is C27H36FN3O5S. The molecule has 1 aromatic carbocycles. The molecule has 0 aliphatic rings. The molecule has 8 nitrogen and oxygen atoms in total. The molecule has 0 spiro atoms. The van der Waals surface area contributed by atoms with E-state index in [4.69, 9.17) is 9.47 Å². The maximum atomic E-state index is 14.4. The van der Waals surface area contributed by atoms with Crippen molar-refractivity contribution in [1.29, 1.82) is 0 Å². The van der Waals surface area contributed by atoms with Crippen LogP contribution in [-0.2, 0) is 10.0 Å². The summed E-state index contributed by atoms with van der Waals surface area (Å²) < 4.78 is 53.7. The summed E-state index contributed by atoms with van der Waals surface area (Å²) in [5, 5.41) is -0.282. The van der Waals surface area contributed by atoms with Gasteiger partial charge in [0.25, 0.3) is 15.9 Å². The maximum absolute atomic E-state index is 14.4. The van der Waals surface area contributed by atoms with E-state index in [2.05, 4.69) is 9.97 Å². The van der Waals surface area contributed by atoms with Crippen molar-refractivity contribution in [2.75, 3.05) is 6.61 Å². The highest BCUT2D eigenvalue weighted by atomic mass is 32.2. The fourth-order valence-corrected chi connectivity index (χ4v) is 4.12. The molecule has 202 valence electrons. The Balaban J connectivity index is 0.00000380. The summed E-state index contributed by atoms with van der Waals surface area (Å²) in [7, 11) is -4.24. The van der Waals surface area contributed by atoms with Crippen LogP contribution in [0.2, 0.25) is 0 Å². The Kier molecular flexibility index (Phi) is 8.53. The average molecular weight is 534 g/mol. The van der Waals surface area contributed by atoms with E-state index in [-0.39, 0.29) is 25.2 Å². The van der Waals surface area contributed by atoms with Gasteiger partial charge in [-0.15, -0.1) is 0 Å². The first-order valence-electron chi connectivity index (χ1n) is 11.9. The Bertz CT molecular complexity index is 1400. The molecule has 0 atom stereocenters. The molecule has 10 heteroatoms.